The van der Waals surface area contributed by atoms with E-state index in [1.165, 1.54) is 11.0 Å². The number of hydrogen-bond donors (Lipinski definition) is 2. The van der Waals surface area contributed by atoms with Crippen LogP contribution in [0.15, 0.2) is 18.2 Å². The van der Waals surface area contributed by atoms with Crippen molar-refractivity contribution in [2.75, 3.05) is 18.0 Å². The van der Waals surface area contributed by atoms with Gasteiger partial charge in [-0.2, -0.15) is 0 Å². The van der Waals surface area contributed by atoms with Gasteiger partial charge in [0.25, 0.3) is 0 Å². The fourth-order valence-electron chi connectivity index (χ4n) is 1.51. The van der Waals surface area contributed by atoms with Crippen LogP contribution in [-0.4, -0.2) is 31.2 Å². The van der Waals surface area contributed by atoms with Crippen LogP contribution >= 0.6 is 0 Å². The highest BCUT2D eigenvalue weighted by Crippen LogP contribution is 2.19. The fraction of sp³-hybridized carbons (Fsp3) is 0.182. The van der Waals surface area contributed by atoms with E-state index in [0.29, 0.717) is 6.29 Å². The molecular weight excluding hydrogens is 241 g/mol. The molecule has 7 heteroatoms. The van der Waals surface area contributed by atoms with Gasteiger partial charge < -0.3 is 16.4 Å². The maximum Gasteiger partial charge on any atom is 0.236 e. The van der Waals surface area contributed by atoms with E-state index in [1.807, 2.05) is 0 Å². The molecule has 0 bridgehead atoms. The van der Waals surface area contributed by atoms with Crippen LogP contribution in [0.5, 0.6) is 0 Å². The predicted molar refractivity (Wildman–Crippen MR) is 62.4 cm³/mol. The Morgan fingerprint density at radius 1 is 1.22 bits per heavy atom. The standard InChI is InChI=1S/C11H12FN3O3/c12-8-1-2-9(7(3-8)6-16)15(4-10(13)17)5-11(14)18/h1-3,6H,4-5H2,(H2,13,17)(H2,14,18). The number of hydrogen-bond acceptors (Lipinski definition) is 4. The molecule has 0 unspecified atom stereocenters. The molecular formula is C11H12FN3O3. The maximum atomic E-state index is 13.0. The number of carbonyl (C=O) groups is 3. The minimum Gasteiger partial charge on any atom is -0.368 e. The molecule has 1 aromatic carbocycles. The summed E-state index contributed by atoms with van der Waals surface area (Å²) in [5, 5.41) is 0. The molecule has 18 heavy (non-hydrogen) atoms. The summed E-state index contributed by atoms with van der Waals surface area (Å²) >= 11 is 0. The lowest BCUT2D eigenvalue weighted by Crippen LogP contribution is -2.40. The number of primary amides is 2. The van der Waals surface area contributed by atoms with Crippen LogP contribution in [0.2, 0.25) is 0 Å². The van der Waals surface area contributed by atoms with Gasteiger partial charge in [0.1, 0.15) is 5.82 Å². The first-order chi connectivity index (χ1) is 8.43. The lowest BCUT2D eigenvalue weighted by Gasteiger charge is -2.23. The minimum atomic E-state index is -0.697. The molecule has 0 aliphatic rings. The second-order valence-electron chi connectivity index (χ2n) is 3.61. The molecule has 96 valence electrons. The number of amides is 2. The third kappa shape index (κ3) is 3.55. The highest BCUT2D eigenvalue weighted by molar-refractivity contribution is 5.90. The van der Waals surface area contributed by atoms with Gasteiger partial charge in [0.2, 0.25) is 11.8 Å². The smallest absolute Gasteiger partial charge is 0.236 e. The molecule has 0 atom stereocenters. The highest BCUT2D eigenvalue weighted by atomic mass is 19.1. The van der Waals surface area contributed by atoms with Crippen molar-refractivity contribution in [3.8, 4) is 0 Å². The molecule has 0 radical (unpaired) electrons. The van der Waals surface area contributed by atoms with E-state index in [4.69, 9.17) is 11.5 Å². The predicted octanol–water partition coefficient (Wildman–Crippen LogP) is -0.585. The van der Waals surface area contributed by atoms with Crippen LogP contribution in [0.3, 0.4) is 0 Å². The van der Waals surface area contributed by atoms with Crippen LogP contribution in [0.1, 0.15) is 10.4 Å². The third-order valence-electron chi connectivity index (χ3n) is 2.15. The largest absolute Gasteiger partial charge is 0.368 e. The van der Waals surface area contributed by atoms with Crippen molar-refractivity contribution in [3.63, 3.8) is 0 Å². The number of anilines is 1. The molecule has 0 heterocycles. The Hall–Kier alpha value is -2.44. The Morgan fingerprint density at radius 2 is 1.78 bits per heavy atom. The SMILES string of the molecule is NC(=O)CN(CC(N)=O)c1ccc(F)cc1C=O. The van der Waals surface area contributed by atoms with Gasteiger partial charge in [-0.05, 0) is 18.2 Å². The second kappa shape index (κ2) is 5.76. The number of benzene rings is 1. The van der Waals surface area contributed by atoms with Crippen LogP contribution in [0.4, 0.5) is 10.1 Å². The first kappa shape index (κ1) is 13.6. The number of nitrogens with two attached hydrogens (primary N) is 2. The van der Waals surface area contributed by atoms with E-state index in [-0.39, 0.29) is 24.3 Å². The summed E-state index contributed by atoms with van der Waals surface area (Å²) in [6.07, 6.45) is 0.424. The number of halogens is 1. The Labute approximate surface area is 102 Å². The fourth-order valence-corrected chi connectivity index (χ4v) is 1.51. The van der Waals surface area contributed by atoms with Gasteiger partial charge in [0.05, 0.1) is 13.1 Å². The molecule has 1 rings (SSSR count). The van der Waals surface area contributed by atoms with Gasteiger partial charge in [-0.3, -0.25) is 14.4 Å². The van der Waals surface area contributed by atoms with Gasteiger partial charge >= 0.3 is 0 Å². The maximum absolute atomic E-state index is 13.0. The Balaban J connectivity index is 3.14. The average Bonchev–Trinajstić information content (AvgIpc) is 2.26. The lowest BCUT2D eigenvalue weighted by molar-refractivity contribution is -0.117. The van der Waals surface area contributed by atoms with E-state index in [9.17, 15) is 18.8 Å². The van der Waals surface area contributed by atoms with Crippen LogP contribution < -0.4 is 16.4 Å². The summed E-state index contributed by atoms with van der Waals surface area (Å²) in [6, 6.07) is 3.39. The zero-order valence-electron chi connectivity index (χ0n) is 9.43. The molecule has 0 saturated heterocycles. The van der Waals surface area contributed by atoms with Gasteiger partial charge in [-0.25, -0.2) is 4.39 Å². The Morgan fingerprint density at radius 3 is 2.22 bits per heavy atom. The first-order valence-corrected chi connectivity index (χ1v) is 5.00. The second-order valence-corrected chi connectivity index (χ2v) is 3.61. The molecule has 0 spiro atoms. The van der Waals surface area contributed by atoms with Crippen molar-refractivity contribution in [1.82, 2.24) is 0 Å². The van der Waals surface area contributed by atoms with E-state index < -0.39 is 17.6 Å². The molecule has 1 aromatic rings. The van der Waals surface area contributed by atoms with Crippen molar-refractivity contribution in [2.45, 2.75) is 0 Å². The molecule has 6 nitrogen and oxygen atoms in total. The molecule has 0 aromatic heterocycles. The summed E-state index contributed by atoms with van der Waals surface area (Å²) in [7, 11) is 0. The van der Waals surface area contributed by atoms with Gasteiger partial charge in [-0.1, -0.05) is 0 Å². The summed E-state index contributed by atoms with van der Waals surface area (Å²) in [5.41, 5.74) is 10.3. The number of rotatable bonds is 6. The number of aldehydes is 1. The zero-order valence-corrected chi connectivity index (χ0v) is 9.43. The zero-order chi connectivity index (χ0) is 13.7. The number of carbonyl (C=O) groups excluding carboxylic acids is 3. The summed E-state index contributed by atoms with van der Waals surface area (Å²) in [4.78, 5) is 33.8. The minimum absolute atomic E-state index is 0.0116. The van der Waals surface area contributed by atoms with E-state index >= 15 is 0 Å². The monoisotopic (exact) mass is 253 g/mol. The summed E-state index contributed by atoms with van der Waals surface area (Å²) in [5.74, 6) is -1.99. The quantitative estimate of drug-likeness (QED) is 0.661. The van der Waals surface area contributed by atoms with Crippen LogP contribution in [-0.2, 0) is 9.59 Å². The van der Waals surface area contributed by atoms with Gasteiger partial charge in [-0.15, -0.1) is 0 Å². The average molecular weight is 253 g/mol. The van der Waals surface area contributed by atoms with Crippen molar-refractivity contribution in [2.24, 2.45) is 11.5 Å². The van der Waals surface area contributed by atoms with E-state index in [2.05, 4.69) is 0 Å². The van der Waals surface area contributed by atoms with E-state index in [0.717, 1.165) is 12.1 Å². The van der Waals surface area contributed by atoms with Gasteiger partial charge in [0.15, 0.2) is 6.29 Å². The Bertz CT molecular complexity index is 474. The van der Waals surface area contributed by atoms with Gasteiger partial charge in [0, 0.05) is 11.3 Å². The van der Waals surface area contributed by atoms with Crippen LogP contribution in [0, 0.1) is 5.82 Å². The highest BCUT2D eigenvalue weighted by Gasteiger charge is 2.16. The van der Waals surface area contributed by atoms with Crippen molar-refractivity contribution in [3.05, 3.63) is 29.6 Å². The van der Waals surface area contributed by atoms with Crippen LogP contribution in [0.25, 0.3) is 0 Å². The Kier molecular flexibility index (Phi) is 4.36. The molecule has 0 fully saturated rings. The lowest BCUT2D eigenvalue weighted by atomic mass is 10.1. The third-order valence-corrected chi connectivity index (χ3v) is 2.15. The summed E-state index contributed by atoms with van der Waals surface area (Å²) < 4.78 is 13.0. The molecule has 0 saturated carbocycles. The van der Waals surface area contributed by atoms with E-state index in [1.54, 1.807) is 0 Å². The topological polar surface area (TPSA) is 106 Å². The molecule has 0 aliphatic heterocycles. The summed E-state index contributed by atoms with van der Waals surface area (Å²) in [6.45, 7) is -0.592. The number of nitrogens with zero attached hydrogens (tertiary/aromatic N) is 1. The normalized spacial score (nSPS) is 9.83. The molecule has 4 N–H and O–H groups in total. The molecule has 0 aliphatic carbocycles. The first-order valence-electron chi connectivity index (χ1n) is 5.00. The van der Waals surface area contributed by atoms with Crippen molar-refractivity contribution < 1.29 is 18.8 Å². The van der Waals surface area contributed by atoms with Crippen molar-refractivity contribution in [1.29, 1.82) is 0 Å². The molecule has 2 amide bonds. The van der Waals surface area contributed by atoms with Crippen molar-refractivity contribution >= 4 is 23.8 Å².